The van der Waals surface area contributed by atoms with Crippen molar-refractivity contribution < 1.29 is 23.7 Å². The van der Waals surface area contributed by atoms with Crippen molar-refractivity contribution in [3.05, 3.63) is 23.8 Å². The van der Waals surface area contributed by atoms with Crippen molar-refractivity contribution in [3.8, 4) is 11.5 Å². The van der Waals surface area contributed by atoms with E-state index in [1.54, 1.807) is 14.2 Å². The van der Waals surface area contributed by atoms with Crippen molar-refractivity contribution in [1.82, 2.24) is 5.32 Å². The number of carbonyl (C=O) groups is 1. The Kier molecular flexibility index (Phi) is 6.15. The Morgan fingerprint density at radius 2 is 1.84 bits per heavy atom. The highest BCUT2D eigenvalue weighted by Gasteiger charge is 2.30. The van der Waals surface area contributed by atoms with E-state index < -0.39 is 0 Å². The van der Waals surface area contributed by atoms with Crippen LogP contribution < -0.4 is 14.8 Å². The molecule has 0 saturated heterocycles. The highest BCUT2D eigenvalue weighted by molar-refractivity contribution is 5.76. The molecule has 2 atom stereocenters. The Balaban J connectivity index is 1.42. The van der Waals surface area contributed by atoms with Gasteiger partial charge in [0, 0.05) is 27.2 Å². The maximum absolute atomic E-state index is 12.2. The lowest BCUT2D eigenvalue weighted by molar-refractivity contribution is -0.123. The summed E-state index contributed by atoms with van der Waals surface area (Å²) in [6.07, 6.45) is 4.43. The molecule has 0 aromatic heterocycles. The smallest absolute Gasteiger partial charge is 0.231 e. The Labute approximate surface area is 148 Å². The summed E-state index contributed by atoms with van der Waals surface area (Å²) in [6, 6.07) is 5.90. The van der Waals surface area contributed by atoms with Crippen LogP contribution in [0.5, 0.6) is 11.5 Å². The van der Waals surface area contributed by atoms with Crippen molar-refractivity contribution in [1.29, 1.82) is 0 Å². The van der Waals surface area contributed by atoms with E-state index >= 15 is 0 Å². The highest BCUT2D eigenvalue weighted by atomic mass is 16.7. The fourth-order valence-corrected chi connectivity index (χ4v) is 3.65. The lowest BCUT2D eigenvalue weighted by Crippen LogP contribution is -2.35. The van der Waals surface area contributed by atoms with Crippen molar-refractivity contribution in [3.63, 3.8) is 0 Å². The van der Waals surface area contributed by atoms with Gasteiger partial charge in [0.2, 0.25) is 12.7 Å². The summed E-state index contributed by atoms with van der Waals surface area (Å²) in [5.41, 5.74) is 1.13. The van der Waals surface area contributed by atoms with Crippen molar-refractivity contribution in [2.24, 2.45) is 5.92 Å². The Morgan fingerprint density at radius 1 is 1.12 bits per heavy atom. The van der Waals surface area contributed by atoms with Crippen LogP contribution in [0.4, 0.5) is 0 Å². The summed E-state index contributed by atoms with van der Waals surface area (Å²) in [5, 5.41) is 3.02. The van der Waals surface area contributed by atoms with Gasteiger partial charge in [-0.3, -0.25) is 4.79 Å². The topological polar surface area (TPSA) is 66.0 Å². The normalized spacial score (nSPS) is 25.0. The van der Waals surface area contributed by atoms with E-state index in [0.717, 1.165) is 42.7 Å². The maximum atomic E-state index is 12.2. The predicted molar refractivity (Wildman–Crippen MR) is 92.8 cm³/mol. The van der Waals surface area contributed by atoms with Crippen LogP contribution in [0.3, 0.4) is 0 Å². The minimum atomic E-state index is 0.0948. The van der Waals surface area contributed by atoms with Crippen LogP contribution in [0.2, 0.25) is 0 Å². The SMILES string of the molecule is CO[C@@H]1CC(CC(=O)NCCc2ccc3c(c2)OCO3)C[C@@H](OC)C1. The molecule has 138 valence electrons. The van der Waals surface area contributed by atoms with Crippen LogP contribution in [-0.2, 0) is 20.7 Å². The van der Waals surface area contributed by atoms with Crippen LogP contribution in [0, 0.1) is 5.92 Å². The molecule has 1 saturated carbocycles. The van der Waals surface area contributed by atoms with Crippen LogP contribution in [0.15, 0.2) is 18.2 Å². The first kappa shape index (κ1) is 18.0. The number of ether oxygens (including phenoxy) is 4. The second-order valence-electron chi connectivity index (χ2n) is 6.78. The van der Waals surface area contributed by atoms with E-state index in [2.05, 4.69) is 5.32 Å². The third-order valence-electron chi connectivity index (χ3n) is 5.03. The van der Waals surface area contributed by atoms with Gasteiger partial charge in [-0.05, 0) is 49.3 Å². The summed E-state index contributed by atoms with van der Waals surface area (Å²) in [4.78, 5) is 12.2. The van der Waals surface area contributed by atoms with Gasteiger partial charge in [0.05, 0.1) is 12.2 Å². The molecule has 0 radical (unpaired) electrons. The first-order chi connectivity index (χ1) is 12.2. The number of carbonyl (C=O) groups excluding carboxylic acids is 1. The second kappa shape index (κ2) is 8.54. The molecule has 1 aliphatic carbocycles. The molecule has 3 rings (SSSR count). The Bertz CT molecular complexity index is 579. The standard InChI is InChI=1S/C19H27NO5/c1-22-15-7-14(8-16(11-15)23-2)10-19(21)20-6-5-13-3-4-17-18(9-13)25-12-24-17/h3-4,9,14-16H,5-8,10-12H2,1-2H3,(H,20,21)/t15-,16-/m1/s1. The van der Waals surface area contributed by atoms with Gasteiger partial charge in [0.1, 0.15) is 0 Å². The number of rotatable bonds is 7. The first-order valence-electron chi connectivity index (χ1n) is 8.88. The molecule has 1 fully saturated rings. The number of nitrogens with one attached hydrogen (secondary N) is 1. The van der Waals surface area contributed by atoms with Crippen molar-refractivity contribution >= 4 is 5.91 Å². The van der Waals surface area contributed by atoms with E-state index in [9.17, 15) is 4.79 Å². The van der Waals surface area contributed by atoms with E-state index in [1.807, 2.05) is 18.2 Å². The van der Waals surface area contributed by atoms with E-state index in [4.69, 9.17) is 18.9 Å². The van der Waals surface area contributed by atoms with Gasteiger partial charge >= 0.3 is 0 Å². The number of benzene rings is 1. The van der Waals surface area contributed by atoms with Crippen LogP contribution in [0.25, 0.3) is 0 Å². The molecule has 6 nitrogen and oxygen atoms in total. The average Bonchev–Trinajstić information content (AvgIpc) is 3.09. The molecule has 1 aromatic carbocycles. The zero-order valence-electron chi connectivity index (χ0n) is 15.0. The van der Waals surface area contributed by atoms with Gasteiger partial charge in [-0.2, -0.15) is 0 Å². The predicted octanol–water partition coefficient (Wildman–Crippen LogP) is 2.29. The van der Waals surface area contributed by atoms with E-state index in [0.29, 0.717) is 18.9 Å². The summed E-state index contributed by atoms with van der Waals surface area (Å²) >= 11 is 0. The zero-order chi connectivity index (χ0) is 17.6. The highest BCUT2D eigenvalue weighted by Crippen LogP contribution is 2.32. The lowest BCUT2D eigenvalue weighted by atomic mass is 9.83. The van der Waals surface area contributed by atoms with Crippen molar-refractivity contribution in [2.45, 2.75) is 44.3 Å². The third-order valence-corrected chi connectivity index (χ3v) is 5.03. The molecule has 6 heteroatoms. The average molecular weight is 349 g/mol. The monoisotopic (exact) mass is 349 g/mol. The molecule has 1 aliphatic heterocycles. The molecule has 1 amide bonds. The van der Waals surface area contributed by atoms with E-state index in [-0.39, 0.29) is 24.9 Å². The minimum Gasteiger partial charge on any atom is -0.454 e. The number of hydrogen-bond donors (Lipinski definition) is 1. The van der Waals surface area contributed by atoms with Gasteiger partial charge < -0.3 is 24.3 Å². The quantitative estimate of drug-likeness (QED) is 0.818. The summed E-state index contributed by atoms with van der Waals surface area (Å²) in [7, 11) is 3.45. The molecule has 25 heavy (non-hydrogen) atoms. The number of amides is 1. The number of methoxy groups -OCH3 is 2. The van der Waals surface area contributed by atoms with Crippen LogP contribution in [-0.4, -0.2) is 45.7 Å². The van der Waals surface area contributed by atoms with E-state index in [1.165, 1.54) is 0 Å². The Morgan fingerprint density at radius 3 is 2.56 bits per heavy atom. The van der Waals surface area contributed by atoms with Crippen LogP contribution >= 0.6 is 0 Å². The number of fused-ring (bicyclic) bond motifs is 1. The lowest BCUT2D eigenvalue weighted by Gasteiger charge is -2.33. The Hall–Kier alpha value is -1.79. The summed E-state index contributed by atoms with van der Waals surface area (Å²) < 4.78 is 21.6. The summed E-state index contributed by atoms with van der Waals surface area (Å²) in [5.74, 6) is 1.97. The van der Waals surface area contributed by atoms with Crippen LogP contribution in [0.1, 0.15) is 31.2 Å². The molecular weight excluding hydrogens is 322 g/mol. The van der Waals surface area contributed by atoms with Gasteiger partial charge in [-0.15, -0.1) is 0 Å². The first-order valence-corrected chi connectivity index (χ1v) is 8.88. The van der Waals surface area contributed by atoms with Gasteiger partial charge in [0.25, 0.3) is 0 Å². The second-order valence-corrected chi connectivity index (χ2v) is 6.78. The molecule has 0 bridgehead atoms. The molecule has 0 unspecified atom stereocenters. The summed E-state index contributed by atoms with van der Waals surface area (Å²) in [6.45, 7) is 0.897. The minimum absolute atomic E-state index is 0.0948. The maximum Gasteiger partial charge on any atom is 0.231 e. The molecule has 0 spiro atoms. The largest absolute Gasteiger partial charge is 0.454 e. The molecule has 1 heterocycles. The van der Waals surface area contributed by atoms with Gasteiger partial charge in [-0.1, -0.05) is 6.07 Å². The molecule has 1 N–H and O–H groups in total. The molecule has 1 aromatic rings. The van der Waals surface area contributed by atoms with Gasteiger partial charge in [-0.25, -0.2) is 0 Å². The number of hydrogen-bond acceptors (Lipinski definition) is 5. The van der Waals surface area contributed by atoms with Crippen molar-refractivity contribution in [2.75, 3.05) is 27.6 Å². The fourth-order valence-electron chi connectivity index (χ4n) is 3.65. The fraction of sp³-hybridized carbons (Fsp3) is 0.632. The molecule has 2 aliphatic rings. The zero-order valence-corrected chi connectivity index (χ0v) is 15.0. The third kappa shape index (κ3) is 4.86. The molecular formula is C19H27NO5. The van der Waals surface area contributed by atoms with Gasteiger partial charge in [0.15, 0.2) is 11.5 Å².